The van der Waals surface area contributed by atoms with Gasteiger partial charge in [0.25, 0.3) is 0 Å². The van der Waals surface area contributed by atoms with E-state index in [1.807, 2.05) is 33.8 Å². The van der Waals surface area contributed by atoms with Crippen molar-refractivity contribution in [1.82, 2.24) is 4.90 Å². The van der Waals surface area contributed by atoms with Crippen molar-refractivity contribution < 1.29 is 9.59 Å². The van der Waals surface area contributed by atoms with Crippen LogP contribution in [0.25, 0.3) is 0 Å². The van der Waals surface area contributed by atoms with Crippen LogP contribution in [-0.2, 0) is 4.79 Å². The van der Waals surface area contributed by atoms with Crippen LogP contribution in [0.1, 0.15) is 34.0 Å². The predicted molar refractivity (Wildman–Crippen MR) is 74.0 cm³/mol. The monoisotopic (exact) mass is 268 g/mol. The Morgan fingerprint density at radius 2 is 1.94 bits per heavy atom. The summed E-state index contributed by atoms with van der Waals surface area (Å²) in [5.74, 6) is -0.360. The van der Waals surface area contributed by atoms with E-state index in [0.717, 1.165) is 15.3 Å². The molecule has 0 unspecified atom stereocenters. The molecule has 0 atom stereocenters. The van der Waals surface area contributed by atoms with Gasteiger partial charge in [-0.2, -0.15) is 0 Å². The maximum absolute atomic E-state index is 12.2. The van der Waals surface area contributed by atoms with E-state index >= 15 is 0 Å². The van der Waals surface area contributed by atoms with Crippen LogP contribution < -0.4 is 5.73 Å². The summed E-state index contributed by atoms with van der Waals surface area (Å²) in [4.78, 5) is 27.1. The zero-order chi connectivity index (χ0) is 13.9. The number of Topliss-reactive ketones (excluding diaryl/α,β-unsaturated/α-hetero) is 1. The van der Waals surface area contributed by atoms with E-state index in [1.54, 1.807) is 16.2 Å². The lowest BCUT2D eigenvalue weighted by molar-refractivity contribution is -0.119. The van der Waals surface area contributed by atoms with Crippen LogP contribution in [0.4, 0.5) is 0 Å². The van der Waals surface area contributed by atoms with Gasteiger partial charge in [0.05, 0.1) is 13.1 Å². The molecule has 0 aliphatic carbocycles. The highest BCUT2D eigenvalue weighted by Crippen LogP contribution is 2.21. The molecule has 4 nitrogen and oxygen atoms in total. The van der Waals surface area contributed by atoms with E-state index in [4.69, 9.17) is 5.73 Å². The van der Waals surface area contributed by atoms with Crippen molar-refractivity contribution in [3.8, 4) is 0 Å². The average Bonchev–Trinajstić information content (AvgIpc) is 2.56. The first-order chi connectivity index (χ1) is 8.31. The SMILES string of the molecule is Cc1cc(C(=O)CN(CC(N)=O)C(C)C)c(C)s1. The first kappa shape index (κ1) is 14.9. The number of nitrogens with zero attached hydrogens (tertiary/aromatic N) is 1. The Morgan fingerprint density at radius 1 is 1.33 bits per heavy atom. The van der Waals surface area contributed by atoms with Crippen LogP contribution in [0, 0.1) is 13.8 Å². The molecule has 0 aromatic carbocycles. The van der Waals surface area contributed by atoms with Gasteiger partial charge in [0.2, 0.25) is 5.91 Å². The van der Waals surface area contributed by atoms with Gasteiger partial charge in [0.15, 0.2) is 5.78 Å². The third-order valence-corrected chi connectivity index (χ3v) is 3.74. The van der Waals surface area contributed by atoms with Crippen molar-refractivity contribution in [2.75, 3.05) is 13.1 Å². The minimum Gasteiger partial charge on any atom is -0.369 e. The number of amides is 1. The van der Waals surface area contributed by atoms with Crippen LogP contribution in [0.15, 0.2) is 6.07 Å². The minimum absolute atomic E-state index is 0.0480. The molecule has 1 rings (SSSR count). The summed E-state index contributed by atoms with van der Waals surface area (Å²) in [7, 11) is 0. The molecule has 0 radical (unpaired) electrons. The molecule has 1 aromatic heterocycles. The molecule has 18 heavy (non-hydrogen) atoms. The molecule has 1 heterocycles. The van der Waals surface area contributed by atoms with E-state index in [1.165, 1.54) is 0 Å². The number of rotatable bonds is 6. The topological polar surface area (TPSA) is 63.4 Å². The molecule has 0 aliphatic heterocycles. The van der Waals surface area contributed by atoms with Crippen molar-refractivity contribution in [2.45, 2.75) is 33.7 Å². The third kappa shape index (κ3) is 3.92. The van der Waals surface area contributed by atoms with Crippen LogP contribution in [0.2, 0.25) is 0 Å². The normalized spacial score (nSPS) is 11.2. The molecule has 100 valence electrons. The van der Waals surface area contributed by atoms with Crippen LogP contribution in [0.5, 0.6) is 0 Å². The molecule has 0 fully saturated rings. The van der Waals surface area contributed by atoms with Gasteiger partial charge < -0.3 is 5.73 Å². The maximum Gasteiger partial charge on any atom is 0.231 e. The van der Waals surface area contributed by atoms with Crippen molar-refractivity contribution >= 4 is 23.0 Å². The fourth-order valence-electron chi connectivity index (χ4n) is 1.80. The minimum atomic E-state index is -0.408. The Kier molecular flexibility index (Phi) is 5.04. The van der Waals surface area contributed by atoms with Gasteiger partial charge in [-0.25, -0.2) is 0 Å². The fourth-order valence-corrected chi connectivity index (χ4v) is 2.74. The first-order valence-electron chi connectivity index (χ1n) is 5.93. The van der Waals surface area contributed by atoms with Gasteiger partial charge >= 0.3 is 0 Å². The van der Waals surface area contributed by atoms with Crippen LogP contribution in [0.3, 0.4) is 0 Å². The molecular formula is C13H20N2O2S. The molecule has 0 aliphatic rings. The number of carbonyl (C=O) groups is 2. The number of aryl methyl sites for hydroxylation is 2. The van der Waals surface area contributed by atoms with E-state index < -0.39 is 5.91 Å². The van der Waals surface area contributed by atoms with Crippen molar-refractivity contribution in [1.29, 1.82) is 0 Å². The lowest BCUT2D eigenvalue weighted by Crippen LogP contribution is -2.41. The summed E-state index contributed by atoms with van der Waals surface area (Å²) < 4.78 is 0. The molecule has 1 aromatic rings. The first-order valence-corrected chi connectivity index (χ1v) is 6.75. The number of thiophene rings is 1. The van der Waals surface area contributed by atoms with E-state index in [9.17, 15) is 9.59 Å². The summed E-state index contributed by atoms with van der Waals surface area (Å²) in [6, 6.07) is 2.02. The molecule has 0 saturated carbocycles. The summed E-state index contributed by atoms with van der Waals surface area (Å²) in [5.41, 5.74) is 5.95. The van der Waals surface area contributed by atoms with Crippen LogP contribution >= 0.6 is 11.3 Å². The molecule has 0 spiro atoms. The molecular weight excluding hydrogens is 248 g/mol. The summed E-state index contributed by atoms with van der Waals surface area (Å²) in [6.45, 7) is 8.17. The average molecular weight is 268 g/mol. The second-order valence-electron chi connectivity index (χ2n) is 4.72. The highest BCUT2D eigenvalue weighted by molar-refractivity contribution is 7.12. The summed E-state index contributed by atoms with van der Waals surface area (Å²) in [6.07, 6.45) is 0. The quantitative estimate of drug-likeness (QED) is 0.799. The number of carbonyl (C=O) groups excluding carboxylic acids is 2. The fraction of sp³-hybridized carbons (Fsp3) is 0.538. The summed E-state index contributed by atoms with van der Waals surface area (Å²) >= 11 is 1.62. The zero-order valence-corrected chi connectivity index (χ0v) is 12.1. The lowest BCUT2D eigenvalue weighted by atomic mass is 10.1. The van der Waals surface area contributed by atoms with Gasteiger partial charge in [-0.05, 0) is 33.8 Å². The number of nitrogens with two attached hydrogens (primary N) is 1. The van der Waals surface area contributed by atoms with Gasteiger partial charge in [-0.3, -0.25) is 14.5 Å². The van der Waals surface area contributed by atoms with E-state index in [0.29, 0.717) is 0 Å². The Labute approximate surface area is 112 Å². The maximum atomic E-state index is 12.2. The number of hydrogen-bond donors (Lipinski definition) is 1. The predicted octanol–water partition coefficient (Wildman–Crippen LogP) is 1.74. The lowest BCUT2D eigenvalue weighted by Gasteiger charge is -2.23. The molecule has 5 heteroatoms. The second kappa shape index (κ2) is 6.11. The molecule has 1 amide bonds. The Morgan fingerprint density at radius 3 is 2.33 bits per heavy atom. The number of ketones is 1. The number of primary amides is 1. The molecule has 0 saturated heterocycles. The summed E-state index contributed by atoms with van der Waals surface area (Å²) in [5, 5.41) is 0. The van der Waals surface area contributed by atoms with E-state index in [-0.39, 0.29) is 24.9 Å². The molecule has 2 N–H and O–H groups in total. The Hall–Kier alpha value is -1.20. The second-order valence-corrected chi connectivity index (χ2v) is 6.18. The van der Waals surface area contributed by atoms with Gasteiger partial charge in [-0.1, -0.05) is 0 Å². The Bertz CT molecular complexity index is 452. The van der Waals surface area contributed by atoms with Crippen molar-refractivity contribution in [3.05, 3.63) is 21.4 Å². The van der Waals surface area contributed by atoms with Crippen LogP contribution in [-0.4, -0.2) is 35.7 Å². The highest BCUT2D eigenvalue weighted by atomic mass is 32.1. The van der Waals surface area contributed by atoms with Gasteiger partial charge in [-0.15, -0.1) is 11.3 Å². The van der Waals surface area contributed by atoms with Gasteiger partial charge in [0.1, 0.15) is 0 Å². The van der Waals surface area contributed by atoms with Gasteiger partial charge in [0, 0.05) is 21.4 Å². The Balaban J connectivity index is 2.78. The third-order valence-electron chi connectivity index (χ3n) is 2.78. The van der Waals surface area contributed by atoms with Crippen molar-refractivity contribution in [2.24, 2.45) is 5.73 Å². The standard InChI is InChI=1S/C13H20N2O2S/c1-8(2)15(7-13(14)17)6-12(16)11-5-9(3)18-10(11)4/h5,8H,6-7H2,1-4H3,(H2,14,17). The smallest absolute Gasteiger partial charge is 0.231 e. The zero-order valence-electron chi connectivity index (χ0n) is 11.3. The number of hydrogen-bond acceptors (Lipinski definition) is 4. The highest BCUT2D eigenvalue weighted by Gasteiger charge is 2.19. The van der Waals surface area contributed by atoms with Crippen molar-refractivity contribution in [3.63, 3.8) is 0 Å². The van der Waals surface area contributed by atoms with E-state index in [2.05, 4.69) is 0 Å². The largest absolute Gasteiger partial charge is 0.369 e. The molecule has 0 bridgehead atoms.